The van der Waals surface area contributed by atoms with Crippen molar-refractivity contribution in [3.63, 3.8) is 0 Å². The summed E-state index contributed by atoms with van der Waals surface area (Å²) in [6, 6.07) is 2.13. The van der Waals surface area contributed by atoms with Crippen LogP contribution in [0.25, 0.3) is 10.6 Å². The van der Waals surface area contributed by atoms with Gasteiger partial charge in [-0.05, 0) is 17.0 Å². The topological polar surface area (TPSA) is 38.7 Å². The minimum absolute atomic E-state index is 0.119. The minimum atomic E-state index is 0.119. The van der Waals surface area contributed by atoms with Crippen LogP contribution in [0.15, 0.2) is 24.0 Å². The molecule has 3 nitrogen and oxygen atoms in total. The van der Waals surface area contributed by atoms with E-state index in [4.69, 9.17) is 0 Å². The van der Waals surface area contributed by atoms with E-state index in [1.807, 2.05) is 12.4 Å². The Hall–Kier alpha value is -1.29. The molecule has 4 heteroatoms. The van der Waals surface area contributed by atoms with Gasteiger partial charge in [-0.15, -0.1) is 10.2 Å². The van der Waals surface area contributed by atoms with Crippen molar-refractivity contribution in [1.29, 1.82) is 0 Å². The lowest BCUT2D eigenvalue weighted by atomic mass is 9.88. The third kappa shape index (κ3) is 2.21. The fourth-order valence-electron chi connectivity index (χ4n) is 1.27. The first-order chi connectivity index (χ1) is 7.07. The van der Waals surface area contributed by atoms with Crippen LogP contribution in [0.4, 0.5) is 0 Å². The number of hydrogen-bond donors (Lipinski definition) is 0. The third-order valence-electron chi connectivity index (χ3n) is 2.21. The zero-order valence-corrected chi connectivity index (χ0v) is 9.88. The van der Waals surface area contributed by atoms with E-state index < -0.39 is 0 Å². The second-order valence-electron chi connectivity index (χ2n) is 4.46. The van der Waals surface area contributed by atoms with Crippen LogP contribution in [0, 0.1) is 0 Å². The second-order valence-corrected chi connectivity index (χ2v) is 5.29. The van der Waals surface area contributed by atoms with Gasteiger partial charge in [0.05, 0.1) is 0 Å². The summed E-state index contributed by atoms with van der Waals surface area (Å²) in [5, 5.41) is 8.79. The van der Waals surface area contributed by atoms with Crippen LogP contribution in [-0.2, 0) is 5.41 Å². The Labute approximate surface area is 93.2 Å². The van der Waals surface area contributed by atoms with Crippen molar-refractivity contribution in [2.45, 2.75) is 26.2 Å². The zero-order chi connectivity index (χ0) is 10.9. The van der Waals surface area contributed by atoms with Gasteiger partial charge in [-0.25, -0.2) is 0 Å². The average Bonchev–Trinajstić information content (AvgIpc) is 2.69. The lowest BCUT2D eigenvalue weighted by molar-refractivity contribution is 0.587. The normalized spacial score (nSPS) is 11.7. The maximum Gasteiger partial charge on any atom is 0.149 e. The van der Waals surface area contributed by atoms with E-state index in [2.05, 4.69) is 42.0 Å². The molecule has 15 heavy (non-hydrogen) atoms. The van der Waals surface area contributed by atoms with Crippen molar-refractivity contribution in [1.82, 2.24) is 15.2 Å². The van der Waals surface area contributed by atoms with E-state index in [-0.39, 0.29) is 5.41 Å². The van der Waals surface area contributed by atoms with Crippen LogP contribution in [0.3, 0.4) is 0 Å². The Balaban J connectivity index is 2.44. The van der Waals surface area contributed by atoms with Crippen LogP contribution >= 0.6 is 11.3 Å². The molecule has 2 rings (SSSR count). The fourth-order valence-corrected chi connectivity index (χ4v) is 1.80. The molecule has 0 bridgehead atoms. The van der Waals surface area contributed by atoms with Gasteiger partial charge in [0.1, 0.15) is 10.5 Å². The minimum Gasteiger partial charge on any atom is -0.264 e. The molecule has 0 aliphatic heterocycles. The van der Waals surface area contributed by atoms with Gasteiger partial charge >= 0.3 is 0 Å². The van der Waals surface area contributed by atoms with Crippen LogP contribution < -0.4 is 0 Å². The largest absolute Gasteiger partial charge is 0.264 e. The summed E-state index contributed by atoms with van der Waals surface area (Å²) >= 11 is 1.53. The highest BCUT2D eigenvalue weighted by Gasteiger charge is 2.15. The Morgan fingerprint density at radius 3 is 2.60 bits per heavy atom. The monoisotopic (exact) mass is 219 g/mol. The van der Waals surface area contributed by atoms with E-state index in [1.54, 1.807) is 5.51 Å². The van der Waals surface area contributed by atoms with Gasteiger partial charge in [0, 0.05) is 18.0 Å². The summed E-state index contributed by atoms with van der Waals surface area (Å²) < 4.78 is 0. The Bertz CT molecular complexity index is 443. The van der Waals surface area contributed by atoms with Crippen molar-refractivity contribution < 1.29 is 0 Å². The van der Waals surface area contributed by atoms with Crippen molar-refractivity contribution in [2.75, 3.05) is 0 Å². The lowest BCUT2D eigenvalue weighted by Gasteiger charge is -2.18. The predicted octanol–water partition coefficient (Wildman–Crippen LogP) is 2.90. The molecular weight excluding hydrogens is 206 g/mol. The van der Waals surface area contributed by atoms with Gasteiger partial charge < -0.3 is 0 Å². The summed E-state index contributed by atoms with van der Waals surface area (Å²) in [5.41, 5.74) is 4.12. The first kappa shape index (κ1) is 10.2. The molecule has 0 unspecified atom stereocenters. The molecule has 0 fully saturated rings. The third-order valence-corrected chi connectivity index (χ3v) is 2.95. The number of pyridine rings is 1. The molecule has 2 heterocycles. The van der Waals surface area contributed by atoms with Gasteiger partial charge in [-0.3, -0.25) is 4.98 Å². The SMILES string of the molecule is CC(C)(C)c1cncc(-c2nncs2)c1. The fraction of sp³-hybridized carbons (Fsp3) is 0.364. The van der Waals surface area contributed by atoms with Crippen molar-refractivity contribution >= 4 is 11.3 Å². The van der Waals surface area contributed by atoms with Crippen molar-refractivity contribution in [2.24, 2.45) is 0 Å². The predicted molar refractivity (Wildman–Crippen MR) is 61.8 cm³/mol. The van der Waals surface area contributed by atoms with Gasteiger partial charge in [0.15, 0.2) is 0 Å². The highest BCUT2D eigenvalue weighted by atomic mass is 32.1. The van der Waals surface area contributed by atoms with Gasteiger partial charge in [0.2, 0.25) is 0 Å². The van der Waals surface area contributed by atoms with Crippen LogP contribution in [-0.4, -0.2) is 15.2 Å². The standard InChI is InChI=1S/C11H13N3S/c1-11(2,3)9-4-8(5-12-6-9)10-14-13-7-15-10/h4-7H,1-3H3. The van der Waals surface area contributed by atoms with E-state index in [9.17, 15) is 0 Å². The van der Waals surface area contributed by atoms with E-state index in [0.717, 1.165) is 10.6 Å². The molecule has 0 saturated heterocycles. The smallest absolute Gasteiger partial charge is 0.149 e. The van der Waals surface area contributed by atoms with Crippen LogP contribution in [0.2, 0.25) is 0 Å². The summed E-state index contributed by atoms with van der Waals surface area (Å²) in [5.74, 6) is 0. The number of nitrogens with zero attached hydrogens (tertiary/aromatic N) is 3. The maximum absolute atomic E-state index is 4.25. The maximum atomic E-state index is 4.25. The summed E-state index contributed by atoms with van der Waals surface area (Å²) in [4.78, 5) is 4.25. The second kappa shape index (κ2) is 3.70. The quantitative estimate of drug-likeness (QED) is 0.740. The molecule has 0 aliphatic rings. The van der Waals surface area contributed by atoms with Gasteiger partial charge in [-0.1, -0.05) is 32.1 Å². The molecule has 2 aromatic heterocycles. The molecule has 0 amide bonds. The van der Waals surface area contributed by atoms with Crippen LogP contribution in [0.1, 0.15) is 26.3 Å². The molecule has 0 saturated carbocycles. The molecule has 0 atom stereocenters. The molecular formula is C11H13N3S. The Morgan fingerprint density at radius 1 is 1.20 bits per heavy atom. The summed E-state index contributed by atoms with van der Waals surface area (Å²) in [6.45, 7) is 6.52. The van der Waals surface area contributed by atoms with E-state index in [1.165, 1.54) is 16.9 Å². The lowest BCUT2D eigenvalue weighted by Crippen LogP contribution is -2.11. The van der Waals surface area contributed by atoms with Gasteiger partial charge in [0.25, 0.3) is 0 Å². The molecule has 0 radical (unpaired) electrons. The van der Waals surface area contributed by atoms with Crippen molar-refractivity contribution in [3.05, 3.63) is 29.5 Å². The summed E-state index contributed by atoms with van der Waals surface area (Å²) in [6.07, 6.45) is 3.74. The van der Waals surface area contributed by atoms with E-state index in [0.29, 0.717) is 0 Å². The molecule has 0 spiro atoms. The first-order valence-electron chi connectivity index (χ1n) is 4.79. The van der Waals surface area contributed by atoms with Crippen molar-refractivity contribution in [3.8, 4) is 10.6 Å². The highest BCUT2D eigenvalue weighted by molar-refractivity contribution is 7.12. The Morgan fingerprint density at radius 2 is 2.00 bits per heavy atom. The zero-order valence-electron chi connectivity index (χ0n) is 9.06. The average molecular weight is 219 g/mol. The highest BCUT2D eigenvalue weighted by Crippen LogP contribution is 2.26. The Kier molecular flexibility index (Phi) is 2.52. The number of aromatic nitrogens is 3. The molecule has 0 aromatic carbocycles. The number of hydrogen-bond acceptors (Lipinski definition) is 4. The first-order valence-corrected chi connectivity index (χ1v) is 5.67. The summed E-state index contributed by atoms with van der Waals surface area (Å²) in [7, 11) is 0. The molecule has 0 N–H and O–H groups in total. The molecule has 2 aromatic rings. The van der Waals surface area contributed by atoms with E-state index >= 15 is 0 Å². The number of rotatable bonds is 1. The molecule has 78 valence electrons. The van der Waals surface area contributed by atoms with Crippen LogP contribution in [0.5, 0.6) is 0 Å². The molecule has 0 aliphatic carbocycles. The van der Waals surface area contributed by atoms with Gasteiger partial charge in [-0.2, -0.15) is 0 Å².